The summed E-state index contributed by atoms with van der Waals surface area (Å²) in [6, 6.07) is 8.63. The Labute approximate surface area is 202 Å². The second-order valence-corrected chi connectivity index (χ2v) is 9.09. The van der Waals surface area contributed by atoms with Crippen molar-refractivity contribution in [2.24, 2.45) is 7.05 Å². The van der Waals surface area contributed by atoms with E-state index in [-0.39, 0.29) is 17.0 Å². The number of aromatic nitrogens is 3. The smallest absolute Gasteiger partial charge is 0.338 e. The molecule has 0 spiro atoms. The lowest BCUT2D eigenvalue weighted by Gasteiger charge is -2.13. The second-order valence-electron chi connectivity index (χ2n) is 8.68. The van der Waals surface area contributed by atoms with E-state index in [1.807, 2.05) is 13.1 Å². The molecule has 9 nitrogen and oxygen atoms in total. The van der Waals surface area contributed by atoms with Gasteiger partial charge in [-0.1, -0.05) is 0 Å². The summed E-state index contributed by atoms with van der Waals surface area (Å²) < 4.78 is 6.77. The highest BCUT2D eigenvalue weighted by Gasteiger charge is 2.33. The summed E-state index contributed by atoms with van der Waals surface area (Å²) in [6.45, 7) is 2.08. The first-order valence-corrected chi connectivity index (χ1v) is 11.9. The van der Waals surface area contributed by atoms with Gasteiger partial charge in [0, 0.05) is 30.3 Å². The van der Waals surface area contributed by atoms with E-state index >= 15 is 0 Å². The van der Waals surface area contributed by atoms with E-state index in [1.165, 1.54) is 0 Å². The van der Waals surface area contributed by atoms with Crippen molar-refractivity contribution >= 4 is 45.9 Å². The molecule has 2 fully saturated rings. The number of carbonyl (C=O) groups is 2. The van der Waals surface area contributed by atoms with E-state index in [2.05, 4.69) is 21.3 Å². The van der Waals surface area contributed by atoms with Crippen LogP contribution in [0.4, 0.5) is 5.69 Å². The van der Waals surface area contributed by atoms with Crippen LogP contribution >= 0.6 is 12.2 Å². The zero-order valence-corrected chi connectivity index (χ0v) is 19.9. The van der Waals surface area contributed by atoms with Crippen LogP contribution in [0.2, 0.25) is 0 Å². The van der Waals surface area contributed by atoms with Crippen molar-refractivity contribution in [3.63, 3.8) is 0 Å². The average molecular weight is 479 g/mol. The van der Waals surface area contributed by atoms with Crippen molar-refractivity contribution in [3.05, 3.63) is 52.8 Å². The first-order valence-electron chi connectivity index (χ1n) is 11.5. The third-order valence-corrected chi connectivity index (χ3v) is 6.19. The van der Waals surface area contributed by atoms with E-state index in [0.717, 1.165) is 48.1 Å². The number of carbonyl (C=O) groups excluding carboxylic acids is 2. The summed E-state index contributed by atoms with van der Waals surface area (Å²) >= 11 is 5.33. The molecule has 3 aromatic rings. The summed E-state index contributed by atoms with van der Waals surface area (Å²) in [6.07, 6.45) is 4.35. The summed E-state index contributed by atoms with van der Waals surface area (Å²) in [7, 11) is 1.88. The molecule has 2 aliphatic rings. The van der Waals surface area contributed by atoms with Gasteiger partial charge in [-0.25, -0.2) is 9.78 Å². The first-order chi connectivity index (χ1) is 16.4. The van der Waals surface area contributed by atoms with Gasteiger partial charge < -0.3 is 10.1 Å². The van der Waals surface area contributed by atoms with Crippen LogP contribution in [0.3, 0.4) is 0 Å². The van der Waals surface area contributed by atoms with Crippen LogP contribution in [0.25, 0.3) is 11.0 Å². The van der Waals surface area contributed by atoms with Crippen LogP contribution in [0, 0.1) is 0 Å². The summed E-state index contributed by atoms with van der Waals surface area (Å²) in [4.78, 5) is 29.8. The highest BCUT2D eigenvalue weighted by Crippen LogP contribution is 2.45. The predicted molar refractivity (Wildman–Crippen MR) is 132 cm³/mol. The molecule has 3 N–H and O–H groups in total. The number of thiocarbonyl (C=S) groups is 1. The van der Waals surface area contributed by atoms with Crippen LogP contribution in [-0.2, 0) is 11.8 Å². The number of rotatable bonds is 6. The van der Waals surface area contributed by atoms with Crippen molar-refractivity contribution in [2.75, 3.05) is 11.9 Å². The fourth-order valence-corrected chi connectivity index (χ4v) is 4.12. The van der Waals surface area contributed by atoms with Crippen molar-refractivity contribution in [3.8, 4) is 0 Å². The van der Waals surface area contributed by atoms with Gasteiger partial charge in [-0.3, -0.25) is 20.3 Å². The van der Waals surface area contributed by atoms with Gasteiger partial charge in [0.15, 0.2) is 10.8 Å². The Hall–Kier alpha value is -3.53. The molecule has 2 heterocycles. The second kappa shape index (κ2) is 9.02. The van der Waals surface area contributed by atoms with E-state index in [9.17, 15) is 9.59 Å². The molecule has 1 aromatic carbocycles. The zero-order chi connectivity index (χ0) is 23.8. The number of ether oxygens (including phenoxy) is 1. The number of benzene rings is 1. The van der Waals surface area contributed by atoms with Crippen molar-refractivity contribution in [1.29, 1.82) is 0 Å². The number of esters is 1. The topological polar surface area (TPSA) is 110 Å². The molecule has 2 aliphatic carbocycles. The van der Waals surface area contributed by atoms with Gasteiger partial charge in [-0.2, -0.15) is 5.10 Å². The Bertz CT molecular complexity index is 1280. The van der Waals surface area contributed by atoms with Crippen LogP contribution < -0.4 is 16.2 Å². The van der Waals surface area contributed by atoms with Gasteiger partial charge in [-0.05, 0) is 75.2 Å². The minimum atomic E-state index is -0.378. The number of hydrogen-bond acceptors (Lipinski definition) is 6. The molecule has 1 amide bonds. The van der Waals surface area contributed by atoms with E-state index in [1.54, 1.807) is 35.9 Å². The molecular weight excluding hydrogens is 452 g/mol. The van der Waals surface area contributed by atoms with Crippen molar-refractivity contribution in [1.82, 2.24) is 25.6 Å². The van der Waals surface area contributed by atoms with Gasteiger partial charge in [-0.15, -0.1) is 0 Å². The molecular formula is C24H26N6O3S. The number of pyridine rings is 1. The summed E-state index contributed by atoms with van der Waals surface area (Å²) in [5.74, 6) is 0.129. The molecule has 0 radical (unpaired) electrons. The fraction of sp³-hybridized carbons (Fsp3) is 0.375. The Morgan fingerprint density at radius 3 is 2.47 bits per heavy atom. The molecule has 0 unspecified atom stereocenters. The van der Waals surface area contributed by atoms with Gasteiger partial charge in [0.05, 0.1) is 28.8 Å². The quantitative estimate of drug-likeness (QED) is 0.280. The lowest BCUT2D eigenvalue weighted by molar-refractivity contribution is 0.0526. The minimum absolute atomic E-state index is 0.221. The average Bonchev–Trinajstić information content (AvgIpc) is 3.75. The normalized spacial score (nSPS) is 15.1. The monoisotopic (exact) mass is 478 g/mol. The van der Waals surface area contributed by atoms with Crippen LogP contribution in [0.5, 0.6) is 0 Å². The maximum absolute atomic E-state index is 13.2. The maximum Gasteiger partial charge on any atom is 0.338 e. The largest absolute Gasteiger partial charge is 0.462 e. The van der Waals surface area contributed by atoms with Gasteiger partial charge in [0.25, 0.3) is 5.91 Å². The van der Waals surface area contributed by atoms with Crippen molar-refractivity contribution < 1.29 is 14.3 Å². The molecule has 0 bridgehead atoms. The lowest BCUT2D eigenvalue weighted by atomic mass is 10.1. The SMILES string of the molecule is CCOC(=O)c1ccc(NC(=S)NNC(=O)c2cc(C3CC3)nc3c2c(C2CC2)nn3C)cc1. The lowest BCUT2D eigenvalue weighted by Crippen LogP contribution is -2.43. The number of aryl methyl sites for hydroxylation is 1. The highest BCUT2D eigenvalue weighted by atomic mass is 32.1. The number of hydrazine groups is 1. The molecule has 2 saturated carbocycles. The molecule has 2 aromatic heterocycles. The molecule has 10 heteroatoms. The molecule has 0 aliphatic heterocycles. The number of fused-ring (bicyclic) bond motifs is 1. The van der Waals surface area contributed by atoms with Crippen LogP contribution in [0.15, 0.2) is 30.3 Å². The Morgan fingerprint density at radius 1 is 1.12 bits per heavy atom. The molecule has 176 valence electrons. The third-order valence-electron chi connectivity index (χ3n) is 5.99. The van der Waals surface area contributed by atoms with Crippen LogP contribution in [-0.4, -0.2) is 38.4 Å². The maximum atomic E-state index is 13.2. The first kappa shape index (κ1) is 22.3. The molecule has 0 atom stereocenters. The highest BCUT2D eigenvalue weighted by molar-refractivity contribution is 7.80. The number of nitrogens with zero attached hydrogens (tertiary/aromatic N) is 3. The van der Waals surface area contributed by atoms with Gasteiger partial charge >= 0.3 is 5.97 Å². The number of amides is 1. The minimum Gasteiger partial charge on any atom is -0.462 e. The summed E-state index contributed by atoms with van der Waals surface area (Å²) in [5.41, 5.74) is 9.80. The van der Waals surface area contributed by atoms with E-state index in [4.69, 9.17) is 21.9 Å². The Morgan fingerprint density at radius 2 is 1.82 bits per heavy atom. The van der Waals surface area contributed by atoms with Crippen LogP contribution in [0.1, 0.15) is 76.5 Å². The Balaban J connectivity index is 1.29. The van der Waals surface area contributed by atoms with E-state index in [0.29, 0.717) is 35.3 Å². The summed E-state index contributed by atoms with van der Waals surface area (Å²) in [5, 5.41) is 8.71. The van der Waals surface area contributed by atoms with Gasteiger partial charge in [0.2, 0.25) is 0 Å². The Kier molecular flexibility index (Phi) is 5.91. The zero-order valence-electron chi connectivity index (χ0n) is 19.1. The fourth-order valence-electron chi connectivity index (χ4n) is 3.95. The molecule has 34 heavy (non-hydrogen) atoms. The van der Waals surface area contributed by atoms with Gasteiger partial charge in [0.1, 0.15) is 0 Å². The third kappa shape index (κ3) is 4.58. The standard InChI is InChI=1S/C24H26N6O3S/c1-3-33-23(32)15-8-10-16(11-9-15)25-24(34)28-27-22(31)17-12-18(13-4-5-13)26-21-19(17)20(14-6-7-14)29-30(21)2/h8-14H,3-7H2,1-2H3,(H,27,31)(H2,25,28,34). The van der Waals surface area contributed by atoms with Crippen molar-refractivity contribution in [2.45, 2.75) is 44.4 Å². The van der Waals surface area contributed by atoms with E-state index < -0.39 is 0 Å². The number of hydrogen-bond donors (Lipinski definition) is 3. The molecule has 5 rings (SSSR count). The molecule has 0 saturated heterocycles. The number of nitrogens with one attached hydrogen (secondary N) is 3. The number of anilines is 1. The predicted octanol–water partition coefficient (Wildman–Crippen LogP) is 3.53.